The molecule has 0 aliphatic carbocycles. The minimum atomic E-state index is -0.232. The van der Waals surface area contributed by atoms with Gasteiger partial charge in [-0.05, 0) is 46.8 Å². The van der Waals surface area contributed by atoms with Gasteiger partial charge in [-0.2, -0.15) is 0 Å². The van der Waals surface area contributed by atoms with Crippen molar-refractivity contribution in [1.82, 2.24) is 20.3 Å². The van der Waals surface area contributed by atoms with Gasteiger partial charge in [-0.1, -0.05) is 40.2 Å². The molecule has 0 fully saturated rings. The van der Waals surface area contributed by atoms with Crippen LogP contribution >= 0.6 is 15.9 Å². The molecule has 6 nitrogen and oxygen atoms in total. The molecular weight excluding hydrogens is 466 g/mol. The van der Waals surface area contributed by atoms with Crippen LogP contribution in [0.3, 0.4) is 0 Å². The van der Waals surface area contributed by atoms with Crippen molar-refractivity contribution in [2.24, 2.45) is 5.73 Å². The van der Waals surface area contributed by atoms with E-state index in [2.05, 4.69) is 31.2 Å². The van der Waals surface area contributed by atoms with E-state index in [4.69, 9.17) is 10.7 Å². The monoisotopic (exact) mass is 485 g/mol. The number of aromatic nitrogens is 3. The molecule has 0 radical (unpaired) electrons. The lowest BCUT2D eigenvalue weighted by Gasteiger charge is -2.10. The second-order valence-corrected chi connectivity index (χ2v) is 8.47. The number of rotatable bonds is 5. The fraction of sp³-hybridized carbons (Fsp3) is 0.0800. The number of aromatic amines is 1. The first kappa shape index (κ1) is 20.4. The number of H-pyrrole nitrogens is 1. The maximum absolute atomic E-state index is 13.0. The molecular formula is C25H20BrN5O. The summed E-state index contributed by atoms with van der Waals surface area (Å²) in [5.41, 5.74) is 10.7. The highest BCUT2D eigenvalue weighted by molar-refractivity contribution is 9.10. The van der Waals surface area contributed by atoms with E-state index in [9.17, 15) is 4.79 Å². The number of pyridine rings is 2. The molecule has 0 bridgehead atoms. The Morgan fingerprint density at radius 2 is 1.94 bits per heavy atom. The van der Waals surface area contributed by atoms with E-state index in [1.54, 1.807) is 18.5 Å². The minimum absolute atomic E-state index is 0.232. The summed E-state index contributed by atoms with van der Waals surface area (Å²) in [4.78, 5) is 25.4. The number of amides is 1. The smallest absolute Gasteiger partial charge is 0.270 e. The molecule has 5 rings (SSSR count). The van der Waals surface area contributed by atoms with E-state index in [-0.39, 0.29) is 5.91 Å². The summed E-state index contributed by atoms with van der Waals surface area (Å²) in [6, 6.07) is 17.6. The Bertz CT molecular complexity index is 1460. The molecule has 0 saturated carbocycles. The highest BCUT2D eigenvalue weighted by Gasteiger charge is 2.16. The number of hydrogen-bond acceptors (Lipinski definition) is 4. The average molecular weight is 486 g/mol. The van der Waals surface area contributed by atoms with Gasteiger partial charge in [0.15, 0.2) is 0 Å². The molecule has 0 aliphatic rings. The lowest BCUT2D eigenvalue weighted by atomic mass is 10.0. The van der Waals surface area contributed by atoms with Gasteiger partial charge < -0.3 is 16.0 Å². The number of hydrogen-bond donors (Lipinski definition) is 3. The maximum Gasteiger partial charge on any atom is 0.270 e. The van der Waals surface area contributed by atoms with Crippen molar-refractivity contribution < 1.29 is 4.79 Å². The number of carbonyl (C=O) groups is 1. The van der Waals surface area contributed by atoms with Crippen LogP contribution < -0.4 is 11.1 Å². The molecule has 4 N–H and O–H groups in total. The zero-order valence-electron chi connectivity index (χ0n) is 17.1. The molecule has 3 aromatic heterocycles. The fourth-order valence-corrected chi connectivity index (χ4v) is 4.20. The quantitative estimate of drug-likeness (QED) is 0.328. The number of nitrogens with zero attached hydrogens (tertiary/aromatic N) is 2. The van der Waals surface area contributed by atoms with E-state index < -0.39 is 0 Å². The van der Waals surface area contributed by atoms with Crippen LogP contribution in [0.25, 0.3) is 32.9 Å². The molecule has 5 aromatic rings. The molecule has 158 valence electrons. The summed E-state index contributed by atoms with van der Waals surface area (Å²) in [5.74, 6) is -0.232. The summed E-state index contributed by atoms with van der Waals surface area (Å²) < 4.78 is 0.974. The Hall–Kier alpha value is -3.55. The Morgan fingerprint density at radius 3 is 2.81 bits per heavy atom. The van der Waals surface area contributed by atoms with Gasteiger partial charge in [0.1, 0.15) is 5.69 Å². The second-order valence-electron chi connectivity index (χ2n) is 7.55. The highest BCUT2D eigenvalue weighted by Crippen LogP contribution is 2.34. The number of fused-ring (bicyclic) bond motifs is 2. The molecule has 0 atom stereocenters. The molecule has 3 heterocycles. The van der Waals surface area contributed by atoms with Crippen molar-refractivity contribution in [1.29, 1.82) is 0 Å². The SMILES string of the molecule is NCc1cccc(CNC(=O)c2cc3ccncc3c(-c3c[nH]c4ccc(Br)cc34)n2)c1. The summed E-state index contributed by atoms with van der Waals surface area (Å²) in [6.07, 6.45) is 5.43. The third kappa shape index (κ3) is 3.88. The number of nitrogens with one attached hydrogen (secondary N) is 2. The van der Waals surface area contributed by atoms with Gasteiger partial charge in [-0.3, -0.25) is 9.78 Å². The lowest BCUT2D eigenvalue weighted by molar-refractivity contribution is 0.0946. The van der Waals surface area contributed by atoms with Crippen LogP contribution in [0.1, 0.15) is 21.6 Å². The van der Waals surface area contributed by atoms with Gasteiger partial charge in [0.2, 0.25) is 0 Å². The van der Waals surface area contributed by atoms with Crippen LogP contribution in [0, 0.1) is 0 Å². The summed E-state index contributed by atoms with van der Waals surface area (Å²) in [7, 11) is 0. The van der Waals surface area contributed by atoms with E-state index in [0.29, 0.717) is 18.8 Å². The molecule has 0 spiro atoms. The van der Waals surface area contributed by atoms with E-state index in [1.165, 1.54) is 0 Å². The minimum Gasteiger partial charge on any atom is -0.360 e. The topological polar surface area (TPSA) is 96.7 Å². The van der Waals surface area contributed by atoms with Gasteiger partial charge in [-0.15, -0.1) is 0 Å². The van der Waals surface area contributed by atoms with Crippen molar-refractivity contribution in [2.45, 2.75) is 13.1 Å². The zero-order chi connectivity index (χ0) is 22.1. The molecule has 7 heteroatoms. The van der Waals surface area contributed by atoms with Crippen molar-refractivity contribution in [3.8, 4) is 11.3 Å². The maximum atomic E-state index is 13.0. The Labute approximate surface area is 193 Å². The molecule has 2 aromatic carbocycles. The predicted molar refractivity (Wildman–Crippen MR) is 130 cm³/mol. The van der Waals surface area contributed by atoms with Crippen molar-refractivity contribution in [3.05, 3.63) is 94.5 Å². The lowest BCUT2D eigenvalue weighted by Crippen LogP contribution is -2.24. The van der Waals surface area contributed by atoms with Crippen molar-refractivity contribution >= 4 is 43.5 Å². The summed E-state index contributed by atoms with van der Waals surface area (Å²) in [5, 5.41) is 5.79. The second kappa shape index (κ2) is 8.53. The number of benzene rings is 2. The van der Waals surface area contributed by atoms with E-state index >= 15 is 0 Å². The first-order valence-corrected chi connectivity index (χ1v) is 11.0. The van der Waals surface area contributed by atoms with Gasteiger partial charge in [-0.25, -0.2) is 4.98 Å². The van der Waals surface area contributed by atoms with Crippen LogP contribution in [0.15, 0.2) is 77.7 Å². The number of nitrogens with two attached hydrogens (primary N) is 1. The first-order valence-electron chi connectivity index (χ1n) is 10.2. The largest absolute Gasteiger partial charge is 0.360 e. The standard InChI is InChI=1S/C25H20BrN5O/c26-18-4-5-22-19(10-18)21(14-29-22)24-20-13-28-7-6-17(20)9-23(31-24)25(32)30-12-16-3-1-2-15(8-16)11-27/h1-10,13-14,29H,11-12,27H2,(H,30,32). The summed E-state index contributed by atoms with van der Waals surface area (Å²) >= 11 is 3.55. The molecule has 0 aliphatic heterocycles. The summed E-state index contributed by atoms with van der Waals surface area (Å²) in [6.45, 7) is 0.865. The van der Waals surface area contributed by atoms with Crippen LogP contribution in [0.5, 0.6) is 0 Å². The van der Waals surface area contributed by atoms with Crippen LogP contribution in [0.4, 0.5) is 0 Å². The number of halogens is 1. The molecule has 0 unspecified atom stereocenters. The van der Waals surface area contributed by atoms with Gasteiger partial charge in [0, 0.05) is 58.0 Å². The van der Waals surface area contributed by atoms with Gasteiger partial charge in [0.25, 0.3) is 5.91 Å². The van der Waals surface area contributed by atoms with Gasteiger partial charge in [0.05, 0.1) is 5.69 Å². The third-order valence-electron chi connectivity index (χ3n) is 5.45. The third-order valence-corrected chi connectivity index (χ3v) is 5.94. The van der Waals surface area contributed by atoms with E-state index in [0.717, 1.165) is 48.5 Å². The predicted octanol–water partition coefficient (Wildman–Crippen LogP) is 4.93. The molecule has 0 saturated heterocycles. The van der Waals surface area contributed by atoms with Crippen molar-refractivity contribution in [3.63, 3.8) is 0 Å². The van der Waals surface area contributed by atoms with Crippen LogP contribution in [-0.4, -0.2) is 20.9 Å². The molecule has 1 amide bonds. The zero-order valence-corrected chi connectivity index (χ0v) is 18.7. The van der Waals surface area contributed by atoms with E-state index in [1.807, 2.05) is 54.7 Å². The average Bonchev–Trinajstić information content (AvgIpc) is 3.24. The molecule has 32 heavy (non-hydrogen) atoms. The first-order chi connectivity index (χ1) is 15.6. The highest BCUT2D eigenvalue weighted by atomic mass is 79.9. The Kier molecular flexibility index (Phi) is 5.43. The Balaban J connectivity index is 1.54. The van der Waals surface area contributed by atoms with Crippen LogP contribution in [0.2, 0.25) is 0 Å². The van der Waals surface area contributed by atoms with Gasteiger partial charge >= 0.3 is 0 Å². The number of carbonyl (C=O) groups excluding carboxylic acids is 1. The Morgan fingerprint density at radius 1 is 1.06 bits per heavy atom. The van der Waals surface area contributed by atoms with Crippen LogP contribution in [-0.2, 0) is 13.1 Å². The normalized spacial score (nSPS) is 11.2. The van der Waals surface area contributed by atoms with Crippen molar-refractivity contribution in [2.75, 3.05) is 0 Å². The fourth-order valence-electron chi connectivity index (χ4n) is 3.84.